The van der Waals surface area contributed by atoms with Gasteiger partial charge >= 0.3 is 0 Å². The zero-order valence-corrected chi connectivity index (χ0v) is 17.2. The summed E-state index contributed by atoms with van der Waals surface area (Å²) in [6.07, 6.45) is 8.72. The van der Waals surface area contributed by atoms with Crippen LogP contribution >= 0.6 is 0 Å². The summed E-state index contributed by atoms with van der Waals surface area (Å²) in [5.74, 6) is 2.72. The number of ether oxygens (including phenoxy) is 1. The lowest BCUT2D eigenvalue weighted by atomic mass is 10.1. The molecule has 0 aliphatic rings. The van der Waals surface area contributed by atoms with E-state index in [1.165, 1.54) is 6.33 Å². The summed E-state index contributed by atoms with van der Waals surface area (Å²) in [4.78, 5) is 22.0. The fraction of sp³-hybridized carbons (Fsp3) is 0.143. The highest BCUT2D eigenvalue weighted by Crippen LogP contribution is 2.32. The molecular weight excluding hydrogens is 394 g/mol. The molecule has 0 bridgehead atoms. The zero-order valence-electron chi connectivity index (χ0n) is 17.2. The first-order valence-electron chi connectivity index (χ1n) is 9.56. The van der Waals surface area contributed by atoms with Crippen LogP contribution in [-0.4, -0.2) is 46.2 Å². The lowest BCUT2D eigenvalue weighted by molar-refractivity contribution is 0.397. The number of rotatable bonds is 5. The molecule has 5 aromatic rings. The van der Waals surface area contributed by atoms with Crippen LogP contribution in [0.5, 0.6) is 5.88 Å². The van der Waals surface area contributed by atoms with E-state index in [4.69, 9.17) is 14.8 Å². The van der Waals surface area contributed by atoms with Gasteiger partial charge in [-0.1, -0.05) is 6.07 Å². The molecular formula is C21H19N9O. The number of nitrogens with zero attached hydrogens (tertiary/aromatic N) is 8. The summed E-state index contributed by atoms with van der Waals surface area (Å²) in [6, 6.07) is 7.53. The lowest BCUT2D eigenvalue weighted by Gasteiger charge is -2.10. The number of hydrogen-bond acceptors (Lipinski definition) is 8. The van der Waals surface area contributed by atoms with Gasteiger partial charge in [0.25, 0.3) is 0 Å². The molecule has 0 radical (unpaired) electrons. The third-order valence-corrected chi connectivity index (χ3v) is 4.94. The third kappa shape index (κ3) is 3.33. The molecule has 31 heavy (non-hydrogen) atoms. The van der Waals surface area contributed by atoms with Crippen LogP contribution in [-0.2, 0) is 7.05 Å². The maximum absolute atomic E-state index is 5.21. The van der Waals surface area contributed by atoms with E-state index in [9.17, 15) is 0 Å². The van der Waals surface area contributed by atoms with Crippen molar-refractivity contribution in [3.8, 4) is 28.8 Å². The first-order chi connectivity index (χ1) is 15.1. The molecule has 0 aliphatic carbocycles. The second-order valence-electron chi connectivity index (χ2n) is 6.89. The molecule has 0 saturated heterocycles. The van der Waals surface area contributed by atoms with Crippen LogP contribution in [0.15, 0.2) is 55.4 Å². The molecule has 0 saturated carbocycles. The minimum absolute atomic E-state index is 0.452. The summed E-state index contributed by atoms with van der Waals surface area (Å²) in [7, 11) is 3.46. The molecule has 0 aromatic carbocycles. The average molecular weight is 413 g/mol. The van der Waals surface area contributed by atoms with Gasteiger partial charge in [-0.3, -0.25) is 4.98 Å². The Bertz CT molecular complexity index is 1370. The number of pyridine rings is 1. The molecule has 5 aromatic heterocycles. The lowest BCUT2D eigenvalue weighted by Crippen LogP contribution is -2.07. The van der Waals surface area contributed by atoms with Crippen LogP contribution in [0.25, 0.3) is 28.4 Å². The molecule has 5 heterocycles. The number of aromatic nitrogens is 8. The van der Waals surface area contributed by atoms with Crippen molar-refractivity contribution in [1.82, 2.24) is 39.1 Å². The van der Waals surface area contributed by atoms with Crippen molar-refractivity contribution in [3.63, 3.8) is 0 Å². The minimum atomic E-state index is 0.452. The van der Waals surface area contributed by atoms with Gasteiger partial charge < -0.3 is 14.6 Å². The first kappa shape index (κ1) is 18.7. The third-order valence-electron chi connectivity index (χ3n) is 4.94. The predicted octanol–water partition coefficient (Wildman–Crippen LogP) is 3.04. The van der Waals surface area contributed by atoms with Gasteiger partial charge in [0.15, 0.2) is 11.6 Å². The van der Waals surface area contributed by atoms with Crippen molar-refractivity contribution in [2.75, 3.05) is 12.4 Å². The van der Waals surface area contributed by atoms with Crippen molar-refractivity contribution in [3.05, 3.63) is 60.9 Å². The summed E-state index contributed by atoms with van der Waals surface area (Å²) in [5.41, 5.74) is 3.64. The van der Waals surface area contributed by atoms with Crippen LogP contribution in [0.2, 0.25) is 0 Å². The minimum Gasteiger partial charge on any atom is -0.481 e. The monoisotopic (exact) mass is 413 g/mol. The van der Waals surface area contributed by atoms with Gasteiger partial charge in [-0.05, 0) is 24.6 Å². The summed E-state index contributed by atoms with van der Waals surface area (Å²) >= 11 is 0. The standard InChI is InChI=1S/C21H19N9O/c1-13-14(15-6-4-5-7-22-15)11-30-18(13)19(26-16-10-17(31-3)25-12-24-16)27-20(28-30)21-23-8-9-29(21)2/h4-12H,1-3H3,(H,24,25,26,27,28). The molecule has 0 aliphatic heterocycles. The predicted molar refractivity (Wildman–Crippen MR) is 115 cm³/mol. The number of anilines is 2. The summed E-state index contributed by atoms with van der Waals surface area (Å²) < 4.78 is 8.89. The van der Waals surface area contributed by atoms with E-state index < -0.39 is 0 Å². The van der Waals surface area contributed by atoms with Gasteiger partial charge in [0.05, 0.1) is 12.8 Å². The van der Waals surface area contributed by atoms with Crippen LogP contribution in [0.3, 0.4) is 0 Å². The van der Waals surface area contributed by atoms with Crippen molar-refractivity contribution in [1.29, 1.82) is 0 Å². The maximum atomic E-state index is 5.21. The van der Waals surface area contributed by atoms with E-state index >= 15 is 0 Å². The number of nitrogens with one attached hydrogen (secondary N) is 1. The molecule has 1 N–H and O–H groups in total. The van der Waals surface area contributed by atoms with Gasteiger partial charge in [-0.15, -0.1) is 5.10 Å². The van der Waals surface area contributed by atoms with Gasteiger partial charge in [-0.2, -0.15) is 0 Å². The number of aryl methyl sites for hydroxylation is 2. The fourth-order valence-electron chi connectivity index (χ4n) is 3.42. The Morgan fingerprint density at radius 3 is 2.71 bits per heavy atom. The molecule has 10 heteroatoms. The smallest absolute Gasteiger partial charge is 0.218 e. The second-order valence-corrected chi connectivity index (χ2v) is 6.89. The Kier molecular flexibility index (Phi) is 4.51. The van der Waals surface area contributed by atoms with Crippen LogP contribution < -0.4 is 10.1 Å². The highest BCUT2D eigenvalue weighted by atomic mass is 16.5. The van der Waals surface area contributed by atoms with Crippen LogP contribution in [0, 0.1) is 6.92 Å². The Morgan fingerprint density at radius 2 is 1.97 bits per heavy atom. The number of hydrogen-bond donors (Lipinski definition) is 1. The van der Waals surface area contributed by atoms with E-state index in [0.717, 1.165) is 22.3 Å². The Labute approximate surface area is 177 Å². The van der Waals surface area contributed by atoms with E-state index in [2.05, 4.69) is 25.3 Å². The van der Waals surface area contributed by atoms with Gasteiger partial charge in [0, 0.05) is 43.5 Å². The normalized spacial score (nSPS) is 11.1. The molecule has 10 nitrogen and oxygen atoms in total. The summed E-state index contributed by atoms with van der Waals surface area (Å²) in [6.45, 7) is 2.02. The topological polar surface area (TPSA) is 108 Å². The van der Waals surface area contributed by atoms with Crippen molar-refractivity contribution in [2.24, 2.45) is 7.05 Å². The summed E-state index contributed by atoms with van der Waals surface area (Å²) in [5, 5.41) is 8.01. The Morgan fingerprint density at radius 1 is 1.06 bits per heavy atom. The van der Waals surface area contributed by atoms with Crippen LogP contribution in [0.1, 0.15) is 5.56 Å². The fourth-order valence-corrected chi connectivity index (χ4v) is 3.42. The van der Waals surface area contributed by atoms with E-state index in [1.54, 1.807) is 30.1 Å². The van der Waals surface area contributed by atoms with E-state index in [-0.39, 0.29) is 0 Å². The van der Waals surface area contributed by atoms with Gasteiger partial charge in [0.1, 0.15) is 17.7 Å². The quantitative estimate of drug-likeness (QED) is 0.468. The largest absolute Gasteiger partial charge is 0.481 e. The van der Waals surface area contributed by atoms with E-state index in [1.807, 2.05) is 49.1 Å². The van der Waals surface area contributed by atoms with Crippen molar-refractivity contribution < 1.29 is 4.74 Å². The molecule has 0 amide bonds. The maximum Gasteiger partial charge on any atom is 0.218 e. The van der Waals surface area contributed by atoms with Crippen LogP contribution in [0.4, 0.5) is 11.6 Å². The molecule has 5 rings (SSSR count). The van der Waals surface area contributed by atoms with Gasteiger partial charge in [0.2, 0.25) is 11.7 Å². The molecule has 154 valence electrons. The molecule has 0 spiro atoms. The number of imidazole rings is 1. The molecule has 0 atom stereocenters. The average Bonchev–Trinajstić information content (AvgIpc) is 3.37. The number of fused-ring (bicyclic) bond motifs is 1. The number of methoxy groups -OCH3 is 1. The molecule has 0 unspecified atom stereocenters. The Hall–Kier alpha value is -4.34. The second kappa shape index (κ2) is 7.48. The van der Waals surface area contributed by atoms with Crippen molar-refractivity contribution in [2.45, 2.75) is 6.92 Å². The molecule has 0 fully saturated rings. The van der Waals surface area contributed by atoms with E-state index in [0.29, 0.717) is 29.2 Å². The first-order valence-corrected chi connectivity index (χ1v) is 9.56. The van der Waals surface area contributed by atoms with Crippen molar-refractivity contribution >= 4 is 17.2 Å². The zero-order chi connectivity index (χ0) is 21.4. The Balaban J connectivity index is 1.72. The van der Waals surface area contributed by atoms with Gasteiger partial charge in [-0.25, -0.2) is 24.5 Å². The highest BCUT2D eigenvalue weighted by Gasteiger charge is 2.19. The highest BCUT2D eigenvalue weighted by molar-refractivity contribution is 5.84. The SMILES string of the molecule is COc1cc(Nc2nc(-c3nccn3C)nn3cc(-c4ccccn4)c(C)c23)ncn1.